The number of aliphatic hydroxyl groups excluding tert-OH is 2. The summed E-state index contributed by atoms with van der Waals surface area (Å²) in [5.41, 5.74) is 0. The van der Waals surface area contributed by atoms with Crippen molar-refractivity contribution in [2.24, 2.45) is 0 Å². The van der Waals surface area contributed by atoms with Crippen LogP contribution in [0.3, 0.4) is 0 Å². The fourth-order valence-electron chi connectivity index (χ4n) is 1.83. The standard InChI is InChI=1S/C14H28N2O2/c1-3-7-15(8-4-2)11-12-16(9-5-13-17)10-6-14-18/h3-4,17-18H,1-2,5-14H2. The van der Waals surface area contributed by atoms with Gasteiger partial charge in [-0.25, -0.2) is 0 Å². The number of hydrogen-bond donors (Lipinski definition) is 2. The summed E-state index contributed by atoms with van der Waals surface area (Å²) in [7, 11) is 0. The third kappa shape index (κ3) is 9.36. The van der Waals surface area contributed by atoms with Gasteiger partial charge in [0.15, 0.2) is 0 Å². The van der Waals surface area contributed by atoms with Crippen LogP contribution in [0.5, 0.6) is 0 Å². The van der Waals surface area contributed by atoms with Crippen LogP contribution in [-0.4, -0.2) is 72.5 Å². The van der Waals surface area contributed by atoms with E-state index >= 15 is 0 Å². The Bertz CT molecular complexity index is 192. The highest BCUT2D eigenvalue weighted by Crippen LogP contribution is 1.97. The molecule has 0 aliphatic rings. The van der Waals surface area contributed by atoms with Crippen molar-refractivity contribution < 1.29 is 10.2 Å². The lowest BCUT2D eigenvalue weighted by atomic mass is 10.3. The number of nitrogens with zero attached hydrogens (tertiary/aromatic N) is 2. The lowest BCUT2D eigenvalue weighted by Crippen LogP contribution is -2.37. The van der Waals surface area contributed by atoms with Crippen LogP contribution in [0.25, 0.3) is 0 Å². The molecule has 4 nitrogen and oxygen atoms in total. The topological polar surface area (TPSA) is 46.9 Å². The molecule has 0 aromatic rings. The first-order valence-corrected chi connectivity index (χ1v) is 6.66. The number of aliphatic hydroxyl groups is 2. The van der Waals surface area contributed by atoms with Crippen LogP contribution in [0.4, 0.5) is 0 Å². The van der Waals surface area contributed by atoms with E-state index in [1.54, 1.807) is 0 Å². The Labute approximate surface area is 111 Å². The van der Waals surface area contributed by atoms with Crippen LogP contribution >= 0.6 is 0 Å². The minimum Gasteiger partial charge on any atom is -0.396 e. The van der Waals surface area contributed by atoms with Gasteiger partial charge in [-0.2, -0.15) is 0 Å². The lowest BCUT2D eigenvalue weighted by molar-refractivity contribution is 0.183. The van der Waals surface area contributed by atoms with Gasteiger partial charge in [0.05, 0.1) is 0 Å². The monoisotopic (exact) mass is 256 g/mol. The molecule has 18 heavy (non-hydrogen) atoms. The molecule has 0 aliphatic carbocycles. The molecule has 0 bridgehead atoms. The second-order valence-corrected chi connectivity index (χ2v) is 4.33. The van der Waals surface area contributed by atoms with Crippen molar-refractivity contribution in [3.63, 3.8) is 0 Å². The van der Waals surface area contributed by atoms with E-state index in [1.807, 2.05) is 12.2 Å². The average molecular weight is 256 g/mol. The van der Waals surface area contributed by atoms with E-state index in [2.05, 4.69) is 23.0 Å². The lowest BCUT2D eigenvalue weighted by Gasteiger charge is -2.26. The first kappa shape index (κ1) is 17.3. The fourth-order valence-corrected chi connectivity index (χ4v) is 1.83. The first-order valence-electron chi connectivity index (χ1n) is 6.66. The molecule has 0 atom stereocenters. The molecule has 0 saturated carbocycles. The summed E-state index contributed by atoms with van der Waals surface area (Å²) in [5, 5.41) is 17.7. The Morgan fingerprint density at radius 1 is 0.722 bits per heavy atom. The second-order valence-electron chi connectivity index (χ2n) is 4.33. The normalized spacial score (nSPS) is 11.1. The van der Waals surface area contributed by atoms with Crippen LogP contribution in [-0.2, 0) is 0 Å². The van der Waals surface area contributed by atoms with E-state index in [1.165, 1.54) is 0 Å². The Kier molecular flexibility index (Phi) is 12.3. The zero-order chi connectivity index (χ0) is 13.6. The average Bonchev–Trinajstić information content (AvgIpc) is 2.38. The van der Waals surface area contributed by atoms with Gasteiger partial charge in [0, 0.05) is 52.5 Å². The molecular formula is C14H28N2O2. The second kappa shape index (κ2) is 12.8. The van der Waals surface area contributed by atoms with Crippen LogP contribution in [0.15, 0.2) is 25.3 Å². The first-order chi connectivity index (χ1) is 8.78. The highest BCUT2D eigenvalue weighted by molar-refractivity contribution is 4.80. The van der Waals surface area contributed by atoms with Gasteiger partial charge in [-0.05, 0) is 12.8 Å². The molecule has 0 fully saturated rings. The Morgan fingerprint density at radius 3 is 1.56 bits per heavy atom. The summed E-state index contributed by atoms with van der Waals surface area (Å²) in [4.78, 5) is 4.55. The Morgan fingerprint density at radius 2 is 1.17 bits per heavy atom. The third-order valence-corrected chi connectivity index (χ3v) is 2.77. The highest BCUT2D eigenvalue weighted by Gasteiger charge is 2.07. The predicted octanol–water partition coefficient (Wildman–Crippen LogP) is 0.727. The molecule has 0 unspecified atom stereocenters. The molecule has 0 aromatic carbocycles. The van der Waals surface area contributed by atoms with Crippen molar-refractivity contribution >= 4 is 0 Å². The quantitative estimate of drug-likeness (QED) is 0.477. The zero-order valence-corrected chi connectivity index (χ0v) is 11.4. The van der Waals surface area contributed by atoms with E-state index in [0.29, 0.717) is 0 Å². The summed E-state index contributed by atoms with van der Waals surface area (Å²) >= 11 is 0. The van der Waals surface area contributed by atoms with Crippen molar-refractivity contribution in [2.45, 2.75) is 12.8 Å². The number of rotatable bonds is 13. The zero-order valence-electron chi connectivity index (χ0n) is 11.4. The molecule has 4 heteroatoms. The molecule has 2 N–H and O–H groups in total. The fraction of sp³-hybridized carbons (Fsp3) is 0.714. The molecule has 0 spiro atoms. The van der Waals surface area contributed by atoms with Gasteiger partial charge in [-0.3, -0.25) is 4.90 Å². The van der Waals surface area contributed by atoms with Crippen LogP contribution in [0.2, 0.25) is 0 Å². The van der Waals surface area contributed by atoms with Gasteiger partial charge in [-0.1, -0.05) is 12.2 Å². The van der Waals surface area contributed by atoms with Crippen molar-refractivity contribution in [2.75, 3.05) is 52.5 Å². The van der Waals surface area contributed by atoms with E-state index in [-0.39, 0.29) is 13.2 Å². The predicted molar refractivity (Wildman–Crippen MR) is 76.7 cm³/mol. The van der Waals surface area contributed by atoms with Gasteiger partial charge in [-0.15, -0.1) is 13.2 Å². The summed E-state index contributed by atoms with van der Waals surface area (Å²) in [5.74, 6) is 0. The highest BCUT2D eigenvalue weighted by atomic mass is 16.3. The maximum atomic E-state index is 8.87. The summed E-state index contributed by atoms with van der Waals surface area (Å²) < 4.78 is 0. The molecule has 0 heterocycles. The largest absolute Gasteiger partial charge is 0.396 e. The molecule has 0 amide bonds. The van der Waals surface area contributed by atoms with E-state index in [9.17, 15) is 0 Å². The SMILES string of the molecule is C=CCN(CC=C)CCN(CCCO)CCCO. The molecule has 0 aliphatic heterocycles. The molecule has 0 aromatic heterocycles. The third-order valence-electron chi connectivity index (χ3n) is 2.77. The summed E-state index contributed by atoms with van der Waals surface area (Å²) in [6, 6.07) is 0. The van der Waals surface area contributed by atoms with Gasteiger partial charge in [0.1, 0.15) is 0 Å². The minimum absolute atomic E-state index is 0.221. The Balaban J connectivity index is 4.01. The molecule has 0 saturated heterocycles. The number of hydrogen-bond acceptors (Lipinski definition) is 4. The summed E-state index contributed by atoms with van der Waals surface area (Å²) in [6.45, 7) is 13.3. The van der Waals surface area contributed by atoms with Gasteiger partial charge in [0.2, 0.25) is 0 Å². The molecular weight excluding hydrogens is 228 g/mol. The summed E-state index contributed by atoms with van der Waals surface area (Å²) in [6.07, 6.45) is 5.37. The van der Waals surface area contributed by atoms with Crippen LogP contribution < -0.4 is 0 Å². The van der Waals surface area contributed by atoms with Gasteiger partial charge >= 0.3 is 0 Å². The Hall–Kier alpha value is -0.680. The van der Waals surface area contributed by atoms with Crippen LogP contribution in [0, 0.1) is 0 Å². The maximum absolute atomic E-state index is 8.87. The smallest absolute Gasteiger partial charge is 0.0443 e. The molecule has 0 radical (unpaired) electrons. The van der Waals surface area contributed by atoms with Crippen molar-refractivity contribution in [3.05, 3.63) is 25.3 Å². The molecule has 106 valence electrons. The van der Waals surface area contributed by atoms with Crippen molar-refractivity contribution in [3.8, 4) is 0 Å². The minimum atomic E-state index is 0.221. The van der Waals surface area contributed by atoms with Crippen LogP contribution in [0.1, 0.15) is 12.8 Å². The van der Waals surface area contributed by atoms with Crippen molar-refractivity contribution in [1.82, 2.24) is 9.80 Å². The van der Waals surface area contributed by atoms with E-state index in [0.717, 1.165) is 52.1 Å². The van der Waals surface area contributed by atoms with E-state index < -0.39 is 0 Å². The molecule has 0 rings (SSSR count). The van der Waals surface area contributed by atoms with Gasteiger partial charge < -0.3 is 15.1 Å². The van der Waals surface area contributed by atoms with E-state index in [4.69, 9.17) is 10.2 Å². The van der Waals surface area contributed by atoms with Gasteiger partial charge in [0.25, 0.3) is 0 Å². The maximum Gasteiger partial charge on any atom is 0.0443 e. The van der Waals surface area contributed by atoms with Crippen molar-refractivity contribution in [1.29, 1.82) is 0 Å².